The van der Waals surface area contributed by atoms with Crippen molar-refractivity contribution >= 4 is 5.91 Å². The second kappa shape index (κ2) is 6.36. The summed E-state index contributed by atoms with van der Waals surface area (Å²) in [6.45, 7) is 5.88. The zero-order chi connectivity index (χ0) is 12.9. The number of likely N-dealkylation sites (tertiary alicyclic amines) is 1. The first-order valence-electron chi connectivity index (χ1n) is 6.60. The summed E-state index contributed by atoms with van der Waals surface area (Å²) >= 11 is 0. The van der Waals surface area contributed by atoms with Gasteiger partial charge >= 0.3 is 0 Å². The fourth-order valence-electron chi connectivity index (χ4n) is 2.46. The molecule has 1 saturated heterocycles. The van der Waals surface area contributed by atoms with Crippen molar-refractivity contribution < 1.29 is 9.90 Å². The molecule has 4 heteroatoms. The Kier molecular flexibility index (Phi) is 5.40. The van der Waals surface area contributed by atoms with Crippen molar-refractivity contribution in [1.29, 1.82) is 0 Å². The van der Waals surface area contributed by atoms with Crippen LogP contribution in [0.4, 0.5) is 0 Å². The number of nitrogens with two attached hydrogens (primary N) is 1. The van der Waals surface area contributed by atoms with E-state index in [2.05, 4.69) is 13.8 Å². The van der Waals surface area contributed by atoms with Crippen molar-refractivity contribution in [3.05, 3.63) is 0 Å². The number of hydrogen-bond donors (Lipinski definition) is 2. The first-order chi connectivity index (χ1) is 8.00. The topological polar surface area (TPSA) is 66.6 Å². The van der Waals surface area contributed by atoms with Crippen LogP contribution in [0.25, 0.3) is 0 Å². The van der Waals surface area contributed by atoms with E-state index < -0.39 is 0 Å². The Hall–Kier alpha value is -0.610. The summed E-state index contributed by atoms with van der Waals surface area (Å²) in [5, 5.41) is 9.19. The van der Waals surface area contributed by atoms with E-state index in [1.165, 1.54) is 0 Å². The number of hydrogen-bond acceptors (Lipinski definition) is 3. The summed E-state index contributed by atoms with van der Waals surface area (Å²) in [6, 6.07) is 0.0557. The lowest BCUT2D eigenvalue weighted by Crippen LogP contribution is -2.38. The Balaban J connectivity index is 2.39. The van der Waals surface area contributed by atoms with E-state index in [-0.39, 0.29) is 24.0 Å². The van der Waals surface area contributed by atoms with Crippen LogP contribution in [0.2, 0.25) is 0 Å². The highest BCUT2D eigenvalue weighted by Gasteiger charge is 2.28. The van der Waals surface area contributed by atoms with Crippen molar-refractivity contribution in [2.75, 3.05) is 19.7 Å². The molecule has 0 aromatic carbocycles. The maximum Gasteiger partial charge on any atom is 0.222 e. The minimum absolute atomic E-state index is 0.0557. The highest BCUT2D eigenvalue weighted by Crippen LogP contribution is 2.27. The second-order valence-corrected chi connectivity index (χ2v) is 5.77. The van der Waals surface area contributed by atoms with Crippen LogP contribution in [0, 0.1) is 5.41 Å². The van der Waals surface area contributed by atoms with Gasteiger partial charge in [-0.2, -0.15) is 0 Å². The minimum atomic E-state index is 0.0557. The van der Waals surface area contributed by atoms with Gasteiger partial charge in [0.2, 0.25) is 5.91 Å². The van der Waals surface area contributed by atoms with Gasteiger partial charge in [-0.25, -0.2) is 0 Å². The molecule has 1 fully saturated rings. The van der Waals surface area contributed by atoms with Crippen LogP contribution in [0.5, 0.6) is 0 Å². The third-order valence-corrected chi connectivity index (χ3v) is 3.74. The van der Waals surface area contributed by atoms with E-state index in [1.54, 1.807) is 0 Å². The predicted octanol–water partition coefficient (Wildman–Crippen LogP) is 1.12. The summed E-state index contributed by atoms with van der Waals surface area (Å²) < 4.78 is 0. The van der Waals surface area contributed by atoms with E-state index in [9.17, 15) is 9.90 Å². The molecule has 1 heterocycles. The molecule has 0 aliphatic carbocycles. The highest BCUT2D eigenvalue weighted by atomic mass is 16.3. The standard InChI is InChI=1S/C13H26N2O2/c1-13(2,7-8-14)6-5-12(17)15-9-3-4-11(15)10-16/h11,16H,3-10,14H2,1-2H3/t11-/m1/s1. The molecule has 0 radical (unpaired) electrons. The molecule has 0 aromatic heterocycles. The number of nitrogens with zero attached hydrogens (tertiary/aromatic N) is 1. The summed E-state index contributed by atoms with van der Waals surface area (Å²) in [4.78, 5) is 13.9. The van der Waals surface area contributed by atoms with Crippen LogP contribution in [0.3, 0.4) is 0 Å². The lowest BCUT2D eigenvalue weighted by Gasteiger charge is -2.27. The molecule has 0 bridgehead atoms. The Labute approximate surface area is 104 Å². The summed E-state index contributed by atoms with van der Waals surface area (Å²) in [5.74, 6) is 0.187. The molecule has 1 rings (SSSR count). The average Bonchev–Trinajstić information content (AvgIpc) is 2.74. The molecule has 0 spiro atoms. The van der Waals surface area contributed by atoms with E-state index in [1.807, 2.05) is 4.90 Å². The predicted molar refractivity (Wildman–Crippen MR) is 68.5 cm³/mol. The first kappa shape index (κ1) is 14.5. The molecule has 0 unspecified atom stereocenters. The Morgan fingerprint density at radius 2 is 2.18 bits per heavy atom. The van der Waals surface area contributed by atoms with Gasteiger partial charge in [-0.3, -0.25) is 4.79 Å². The van der Waals surface area contributed by atoms with Crippen LogP contribution < -0.4 is 5.73 Å². The number of rotatable bonds is 6. The van der Waals surface area contributed by atoms with Crippen molar-refractivity contribution in [2.45, 2.75) is 52.0 Å². The number of carbonyl (C=O) groups is 1. The molecule has 1 atom stereocenters. The van der Waals surface area contributed by atoms with E-state index in [4.69, 9.17) is 5.73 Å². The number of aliphatic hydroxyl groups excluding tert-OH is 1. The summed E-state index contributed by atoms with van der Waals surface area (Å²) in [7, 11) is 0. The van der Waals surface area contributed by atoms with Gasteiger partial charge in [0.05, 0.1) is 12.6 Å². The normalized spacial score (nSPS) is 20.9. The van der Waals surface area contributed by atoms with Crippen molar-refractivity contribution in [3.8, 4) is 0 Å². The summed E-state index contributed by atoms with van der Waals surface area (Å²) in [5.41, 5.74) is 5.70. The molecule has 0 saturated carbocycles. The second-order valence-electron chi connectivity index (χ2n) is 5.77. The largest absolute Gasteiger partial charge is 0.394 e. The Morgan fingerprint density at radius 1 is 1.47 bits per heavy atom. The van der Waals surface area contributed by atoms with E-state index >= 15 is 0 Å². The van der Waals surface area contributed by atoms with E-state index in [0.29, 0.717) is 13.0 Å². The van der Waals surface area contributed by atoms with Crippen LogP contribution in [0.15, 0.2) is 0 Å². The quantitative estimate of drug-likeness (QED) is 0.733. The average molecular weight is 242 g/mol. The molecular formula is C13H26N2O2. The molecule has 0 aromatic rings. The Morgan fingerprint density at radius 3 is 2.76 bits per heavy atom. The first-order valence-corrected chi connectivity index (χ1v) is 6.60. The smallest absolute Gasteiger partial charge is 0.222 e. The fraction of sp³-hybridized carbons (Fsp3) is 0.923. The van der Waals surface area contributed by atoms with Crippen molar-refractivity contribution in [1.82, 2.24) is 4.90 Å². The van der Waals surface area contributed by atoms with Crippen molar-refractivity contribution in [3.63, 3.8) is 0 Å². The maximum absolute atomic E-state index is 12.0. The Bertz CT molecular complexity index is 254. The van der Waals surface area contributed by atoms with Gasteiger partial charge in [0.15, 0.2) is 0 Å². The van der Waals surface area contributed by atoms with Gasteiger partial charge in [-0.1, -0.05) is 13.8 Å². The zero-order valence-electron chi connectivity index (χ0n) is 11.1. The summed E-state index contributed by atoms with van der Waals surface area (Å²) in [6.07, 6.45) is 4.35. The lowest BCUT2D eigenvalue weighted by atomic mass is 9.84. The number of amides is 1. The number of aliphatic hydroxyl groups is 1. The molecular weight excluding hydrogens is 216 g/mol. The molecule has 1 aliphatic rings. The van der Waals surface area contributed by atoms with Crippen LogP contribution in [0.1, 0.15) is 46.0 Å². The lowest BCUT2D eigenvalue weighted by molar-refractivity contribution is -0.133. The van der Waals surface area contributed by atoms with Gasteiger partial charge in [0.25, 0.3) is 0 Å². The zero-order valence-corrected chi connectivity index (χ0v) is 11.1. The maximum atomic E-state index is 12.0. The van der Waals surface area contributed by atoms with Gasteiger partial charge in [0.1, 0.15) is 0 Å². The van der Waals surface area contributed by atoms with Crippen LogP contribution >= 0.6 is 0 Å². The molecule has 3 N–H and O–H groups in total. The van der Waals surface area contributed by atoms with Crippen LogP contribution in [-0.4, -0.2) is 41.7 Å². The van der Waals surface area contributed by atoms with Gasteiger partial charge in [-0.05, 0) is 37.6 Å². The molecule has 1 amide bonds. The van der Waals surface area contributed by atoms with Gasteiger partial charge in [0, 0.05) is 13.0 Å². The highest BCUT2D eigenvalue weighted by molar-refractivity contribution is 5.76. The molecule has 17 heavy (non-hydrogen) atoms. The van der Waals surface area contributed by atoms with Crippen LogP contribution in [-0.2, 0) is 4.79 Å². The van der Waals surface area contributed by atoms with Crippen molar-refractivity contribution in [2.24, 2.45) is 11.1 Å². The SMILES string of the molecule is CC(C)(CCN)CCC(=O)N1CCC[C@@H]1CO. The third-order valence-electron chi connectivity index (χ3n) is 3.74. The molecule has 4 nitrogen and oxygen atoms in total. The third kappa shape index (κ3) is 4.28. The fourth-order valence-corrected chi connectivity index (χ4v) is 2.46. The van der Waals surface area contributed by atoms with E-state index in [0.717, 1.165) is 32.2 Å². The molecule has 100 valence electrons. The monoisotopic (exact) mass is 242 g/mol. The minimum Gasteiger partial charge on any atom is -0.394 e. The van der Waals surface area contributed by atoms with Gasteiger partial charge < -0.3 is 15.7 Å². The molecule has 1 aliphatic heterocycles. The number of carbonyl (C=O) groups excluding carboxylic acids is 1. The van der Waals surface area contributed by atoms with Gasteiger partial charge in [-0.15, -0.1) is 0 Å².